The van der Waals surface area contributed by atoms with Gasteiger partial charge < -0.3 is 16.2 Å². The number of likely N-dealkylation sites (tertiary alicyclic amines) is 1. The Hall–Kier alpha value is -3.60. The van der Waals surface area contributed by atoms with Crippen LogP contribution in [-0.4, -0.2) is 66.4 Å². The maximum Gasteiger partial charge on any atom is 0.239 e. The number of halogens is 1. The lowest BCUT2D eigenvalue weighted by atomic mass is 10.0. The first-order chi connectivity index (χ1) is 15.9. The summed E-state index contributed by atoms with van der Waals surface area (Å²) in [5.74, 6) is -0.0664. The molecule has 11 heteroatoms. The number of nitrogens with zero attached hydrogens (tertiary/aromatic N) is 6. The minimum absolute atomic E-state index is 0.0740. The fourth-order valence-corrected chi connectivity index (χ4v) is 4.07. The zero-order valence-electron chi connectivity index (χ0n) is 17.7. The van der Waals surface area contributed by atoms with Gasteiger partial charge in [-0.3, -0.25) is 19.4 Å². The molecule has 10 nitrogen and oxygen atoms in total. The molecule has 4 heterocycles. The van der Waals surface area contributed by atoms with Crippen LogP contribution in [0.5, 0.6) is 0 Å². The number of pyridine rings is 1. The van der Waals surface area contributed by atoms with E-state index in [9.17, 15) is 9.90 Å². The average molecular weight is 465 g/mol. The molecule has 1 fully saturated rings. The van der Waals surface area contributed by atoms with Gasteiger partial charge in [0.15, 0.2) is 11.6 Å². The van der Waals surface area contributed by atoms with E-state index in [1.165, 1.54) is 0 Å². The predicted molar refractivity (Wildman–Crippen MR) is 125 cm³/mol. The number of benzene rings is 1. The van der Waals surface area contributed by atoms with Gasteiger partial charge in [0.1, 0.15) is 17.1 Å². The topological polar surface area (TPSA) is 135 Å². The minimum atomic E-state index is -0.390. The molecule has 0 saturated carbocycles. The van der Waals surface area contributed by atoms with Crippen LogP contribution in [0.4, 0.5) is 11.6 Å². The van der Waals surface area contributed by atoms with Gasteiger partial charge in [-0.15, -0.1) is 0 Å². The number of amides is 1. The highest BCUT2D eigenvalue weighted by molar-refractivity contribution is 6.35. The third-order valence-corrected chi connectivity index (χ3v) is 5.66. The van der Waals surface area contributed by atoms with E-state index in [1.54, 1.807) is 30.2 Å². The Kier molecular flexibility index (Phi) is 5.41. The summed E-state index contributed by atoms with van der Waals surface area (Å²) in [6.07, 6.45) is 3.09. The summed E-state index contributed by atoms with van der Waals surface area (Å²) in [5.41, 5.74) is 9.07. The molecule has 0 radical (unpaired) electrons. The van der Waals surface area contributed by atoms with Gasteiger partial charge in [0.2, 0.25) is 5.91 Å². The normalized spacial score (nSPS) is 14.4. The van der Waals surface area contributed by atoms with Gasteiger partial charge in [-0.05, 0) is 24.3 Å². The van der Waals surface area contributed by atoms with Crippen LogP contribution in [0, 0.1) is 0 Å². The van der Waals surface area contributed by atoms with Gasteiger partial charge in [0.05, 0.1) is 23.2 Å². The summed E-state index contributed by atoms with van der Waals surface area (Å²) in [6.45, 7) is 1.05. The van der Waals surface area contributed by atoms with Crippen molar-refractivity contribution in [3.63, 3.8) is 0 Å². The van der Waals surface area contributed by atoms with Crippen LogP contribution in [0.1, 0.15) is 0 Å². The highest BCUT2D eigenvalue weighted by Gasteiger charge is 2.27. The number of rotatable bonds is 5. The molecule has 3 aromatic heterocycles. The van der Waals surface area contributed by atoms with Crippen molar-refractivity contribution < 1.29 is 9.90 Å². The maximum absolute atomic E-state index is 12.5. The van der Waals surface area contributed by atoms with E-state index in [0.29, 0.717) is 46.3 Å². The predicted octanol–water partition coefficient (Wildman–Crippen LogP) is 1.94. The molecule has 4 aromatic rings. The molecule has 168 valence electrons. The molecule has 4 N–H and O–H groups in total. The van der Waals surface area contributed by atoms with E-state index in [4.69, 9.17) is 17.3 Å². The number of nitrogen functional groups attached to an aromatic ring is 1. The number of hydrogen-bond acceptors (Lipinski definition) is 8. The molecule has 1 aliphatic heterocycles. The van der Waals surface area contributed by atoms with Gasteiger partial charge in [0, 0.05) is 43.5 Å². The second-order valence-corrected chi connectivity index (χ2v) is 8.37. The first-order valence-electron chi connectivity index (χ1n) is 10.3. The number of β-amino-alcohol motifs (C(OH)–C–C–N with tert-alkyl or cyclic N) is 1. The van der Waals surface area contributed by atoms with Gasteiger partial charge in [-0.2, -0.15) is 5.10 Å². The van der Waals surface area contributed by atoms with Crippen LogP contribution in [0.3, 0.4) is 0 Å². The summed E-state index contributed by atoms with van der Waals surface area (Å²) in [4.78, 5) is 27.9. The van der Waals surface area contributed by atoms with Gasteiger partial charge in [0.25, 0.3) is 0 Å². The summed E-state index contributed by atoms with van der Waals surface area (Å²) in [5, 5.41) is 17.9. The third-order valence-electron chi connectivity index (χ3n) is 5.37. The number of carbonyl (C=O) groups excluding carboxylic acids is 1. The fraction of sp³-hybridized carbons (Fsp3) is 0.227. The molecule has 5 rings (SSSR count). The standard InChI is InChI=1S/C22H21ClN8O2/c1-30-6-4-16(29-30)20-19(13-7-12-3-2-5-25-18(12)15(23)8-13)28-22(21(24)27-20)26-17(33)11-31-9-14(32)10-31/h2-8,14,32H,9-11H2,1H3,(H2,24,27)(H,26,28,33). The second kappa shape index (κ2) is 8.39. The number of carbonyl (C=O) groups is 1. The first-order valence-corrected chi connectivity index (χ1v) is 10.7. The number of aliphatic hydroxyl groups excluding tert-OH is 1. The Labute approximate surface area is 194 Å². The molecule has 1 aromatic carbocycles. The van der Waals surface area contributed by atoms with Gasteiger partial charge >= 0.3 is 0 Å². The van der Waals surface area contributed by atoms with Crippen molar-refractivity contribution in [1.29, 1.82) is 0 Å². The van der Waals surface area contributed by atoms with E-state index >= 15 is 0 Å². The van der Waals surface area contributed by atoms with Crippen molar-refractivity contribution in [2.45, 2.75) is 6.10 Å². The van der Waals surface area contributed by atoms with Gasteiger partial charge in [-0.1, -0.05) is 17.7 Å². The lowest BCUT2D eigenvalue weighted by Crippen LogP contribution is -2.53. The molecule has 0 spiro atoms. The Morgan fingerprint density at radius 1 is 1.27 bits per heavy atom. The molecule has 1 saturated heterocycles. The largest absolute Gasteiger partial charge is 0.390 e. The summed E-state index contributed by atoms with van der Waals surface area (Å²) in [6, 6.07) is 9.22. The molecule has 1 aliphatic rings. The smallest absolute Gasteiger partial charge is 0.239 e. The van der Waals surface area contributed by atoms with E-state index in [0.717, 1.165) is 5.39 Å². The number of aliphatic hydroxyl groups is 1. The SMILES string of the molecule is Cn1ccc(-c2nc(N)c(NC(=O)CN3CC(O)C3)nc2-c2cc(Cl)c3ncccc3c2)n1. The maximum atomic E-state index is 12.5. The molecule has 0 bridgehead atoms. The van der Waals surface area contributed by atoms with Crippen LogP contribution in [-0.2, 0) is 11.8 Å². The number of anilines is 2. The summed E-state index contributed by atoms with van der Waals surface area (Å²) >= 11 is 6.51. The number of nitrogens with two attached hydrogens (primary N) is 1. The molecule has 0 atom stereocenters. The first kappa shape index (κ1) is 21.3. The number of aryl methyl sites for hydroxylation is 1. The van der Waals surface area contributed by atoms with Crippen LogP contribution < -0.4 is 11.1 Å². The quantitative estimate of drug-likeness (QED) is 0.408. The van der Waals surface area contributed by atoms with Crippen LogP contribution >= 0.6 is 11.6 Å². The fourth-order valence-electron chi connectivity index (χ4n) is 3.79. The zero-order chi connectivity index (χ0) is 23.1. The monoisotopic (exact) mass is 464 g/mol. The molecule has 33 heavy (non-hydrogen) atoms. The molecular formula is C22H21ClN8O2. The Balaban J connectivity index is 1.58. The van der Waals surface area contributed by atoms with Crippen molar-refractivity contribution in [2.75, 3.05) is 30.7 Å². The highest BCUT2D eigenvalue weighted by Crippen LogP contribution is 2.35. The lowest BCUT2D eigenvalue weighted by molar-refractivity contribution is -0.119. The third kappa shape index (κ3) is 4.23. The van der Waals surface area contributed by atoms with Crippen molar-refractivity contribution in [3.05, 3.63) is 47.7 Å². The Morgan fingerprint density at radius 3 is 2.82 bits per heavy atom. The van der Waals surface area contributed by atoms with Crippen molar-refractivity contribution in [3.8, 4) is 22.6 Å². The van der Waals surface area contributed by atoms with Crippen molar-refractivity contribution in [2.24, 2.45) is 7.05 Å². The highest BCUT2D eigenvalue weighted by atomic mass is 35.5. The van der Waals surface area contributed by atoms with Crippen LogP contribution in [0.15, 0.2) is 42.7 Å². The van der Waals surface area contributed by atoms with E-state index in [-0.39, 0.29) is 30.2 Å². The summed E-state index contributed by atoms with van der Waals surface area (Å²) < 4.78 is 1.66. The second-order valence-electron chi connectivity index (χ2n) is 7.96. The zero-order valence-corrected chi connectivity index (χ0v) is 18.5. The van der Waals surface area contributed by atoms with Crippen molar-refractivity contribution in [1.82, 2.24) is 29.6 Å². The number of fused-ring (bicyclic) bond motifs is 1. The van der Waals surface area contributed by atoms with E-state index in [1.807, 2.05) is 29.2 Å². The van der Waals surface area contributed by atoms with Gasteiger partial charge in [-0.25, -0.2) is 9.97 Å². The minimum Gasteiger partial charge on any atom is -0.390 e. The molecular weight excluding hydrogens is 444 g/mol. The molecule has 0 aliphatic carbocycles. The van der Waals surface area contributed by atoms with Crippen LogP contribution in [0.25, 0.3) is 33.5 Å². The number of aromatic nitrogens is 5. The van der Waals surface area contributed by atoms with E-state index in [2.05, 4.69) is 25.4 Å². The van der Waals surface area contributed by atoms with E-state index < -0.39 is 0 Å². The van der Waals surface area contributed by atoms with Crippen LogP contribution in [0.2, 0.25) is 5.02 Å². The summed E-state index contributed by atoms with van der Waals surface area (Å²) in [7, 11) is 1.81. The number of hydrogen-bond donors (Lipinski definition) is 3. The number of nitrogens with one attached hydrogen (secondary N) is 1. The Bertz CT molecular complexity index is 1370. The van der Waals surface area contributed by atoms with Crippen molar-refractivity contribution >= 4 is 40.0 Å². The molecule has 1 amide bonds. The lowest BCUT2D eigenvalue weighted by Gasteiger charge is -2.34. The average Bonchev–Trinajstić information content (AvgIpc) is 3.20. The molecule has 0 unspecified atom stereocenters. The Morgan fingerprint density at radius 2 is 2.09 bits per heavy atom.